The van der Waals surface area contributed by atoms with Gasteiger partial charge in [0.2, 0.25) is 0 Å². The first kappa shape index (κ1) is 18.2. The summed E-state index contributed by atoms with van der Waals surface area (Å²) in [5, 5.41) is 3.59. The van der Waals surface area contributed by atoms with Crippen LogP contribution in [-0.4, -0.2) is 26.2 Å². The lowest BCUT2D eigenvalue weighted by molar-refractivity contribution is -0.122. The molecule has 0 saturated heterocycles. The third kappa shape index (κ3) is 4.46. The van der Waals surface area contributed by atoms with Crippen molar-refractivity contribution in [3.63, 3.8) is 0 Å². The first-order valence-electron chi connectivity index (χ1n) is 7.09. The Balaban J connectivity index is 2.06. The van der Waals surface area contributed by atoms with E-state index in [0.29, 0.717) is 33.0 Å². The van der Waals surface area contributed by atoms with Crippen molar-refractivity contribution in [2.45, 2.75) is 13.0 Å². The molecule has 0 aliphatic carbocycles. The zero-order chi connectivity index (χ0) is 17.7. The first-order valence-corrected chi connectivity index (χ1v) is 7.84. The average Bonchev–Trinajstić information content (AvgIpc) is 2.57. The van der Waals surface area contributed by atoms with Crippen molar-refractivity contribution in [1.82, 2.24) is 0 Å². The molecule has 0 aliphatic heterocycles. The number of methoxy groups -OCH3 is 2. The summed E-state index contributed by atoms with van der Waals surface area (Å²) in [6, 6.07) is 9.89. The third-order valence-electron chi connectivity index (χ3n) is 3.22. The molecule has 2 rings (SSSR count). The smallest absolute Gasteiger partial charge is 0.265 e. The quantitative estimate of drug-likeness (QED) is 0.818. The van der Waals surface area contributed by atoms with Gasteiger partial charge in [-0.15, -0.1) is 0 Å². The van der Waals surface area contributed by atoms with Crippen molar-refractivity contribution < 1.29 is 19.0 Å². The molecule has 128 valence electrons. The lowest BCUT2D eigenvalue weighted by Crippen LogP contribution is -2.30. The number of benzene rings is 2. The molecule has 0 saturated carbocycles. The number of anilines is 1. The molecule has 2 aromatic rings. The third-order valence-corrected chi connectivity index (χ3v) is 3.75. The first-order chi connectivity index (χ1) is 11.4. The number of amides is 1. The highest BCUT2D eigenvalue weighted by Crippen LogP contribution is 2.30. The maximum absolute atomic E-state index is 12.3. The summed E-state index contributed by atoms with van der Waals surface area (Å²) < 4.78 is 15.9. The van der Waals surface area contributed by atoms with Gasteiger partial charge in [0.15, 0.2) is 17.6 Å². The van der Waals surface area contributed by atoms with E-state index in [2.05, 4.69) is 5.32 Å². The molecule has 7 heteroatoms. The number of hydrogen-bond acceptors (Lipinski definition) is 4. The molecule has 1 N–H and O–H groups in total. The zero-order valence-corrected chi connectivity index (χ0v) is 14.9. The normalized spacial score (nSPS) is 11.5. The molecule has 5 nitrogen and oxygen atoms in total. The predicted molar refractivity (Wildman–Crippen MR) is 94.7 cm³/mol. The summed E-state index contributed by atoms with van der Waals surface area (Å²) in [6.45, 7) is 1.63. The van der Waals surface area contributed by atoms with E-state index >= 15 is 0 Å². The van der Waals surface area contributed by atoms with Crippen LogP contribution < -0.4 is 19.5 Å². The van der Waals surface area contributed by atoms with E-state index in [-0.39, 0.29) is 5.91 Å². The molecule has 1 atom stereocenters. The largest absolute Gasteiger partial charge is 0.493 e. The van der Waals surface area contributed by atoms with Gasteiger partial charge in [0.25, 0.3) is 5.91 Å². The van der Waals surface area contributed by atoms with E-state index in [1.807, 2.05) is 0 Å². The van der Waals surface area contributed by atoms with Crippen LogP contribution in [0, 0.1) is 0 Å². The number of halogens is 2. The van der Waals surface area contributed by atoms with Crippen LogP contribution in [0.2, 0.25) is 10.0 Å². The standard InChI is InChI=1S/C17H17Cl2NO4/c1-10(24-14-6-4-11(18)8-13(14)19)17(21)20-12-5-7-15(22-2)16(9-12)23-3/h4-10H,1-3H3,(H,20,21). The minimum atomic E-state index is -0.753. The molecule has 1 amide bonds. The fourth-order valence-electron chi connectivity index (χ4n) is 1.97. The monoisotopic (exact) mass is 369 g/mol. The van der Waals surface area contributed by atoms with Crippen molar-refractivity contribution in [3.05, 3.63) is 46.4 Å². The van der Waals surface area contributed by atoms with E-state index in [9.17, 15) is 4.79 Å². The van der Waals surface area contributed by atoms with Gasteiger partial charge in [-0.3, -0.25) is 4.79 Å². The second-order valence-electron chi connectivity index (χ2n) is 4.89. The maximum Gasteiger partial charge on any atom is 0.265 e. The van der Waals surface area contributed by atoms with E-state index in [1.165, 1.54) is 7.11 Å². The van der Waals surface area contributed by atoms with Gasteiger partial charge in [-0.25, -0.2) is 0 Å². The molecule has 1 unspecified atom stereocenters. The summed E-state index contributed by atoms with van der Waals surface area (Å²) in [6.07, 6.45) is -0.753. The Hall–Kier alpha value is -2.11. The molecular formula is C17H17Cl2NO4. The van der Waals surface area contributed by atoms with Crippen molar-refractivity contribution in [3.8, 4) is 17.2 Å². The zero-order valence-electron chi connectivity index (χ0n) is 13.4. The van der Waals surface area contributed by atoms with Gasteiger partial charge in [0.05, 0.1) is 19.2 Å². The van der Waals surface area contributed by atoms with E-state index in [4.69, 9.17) is 37.4 Å². The van der Waals surface area contributed by atoms with Crippen molar-refractivity contribution in [2.75, 3.05) is 19.5 Å². The second kappa shape index (κ2) is 8.13. The fraction of sp³-hybridized carbons (Fsp3) is 0.235. The van der Waals surface area contributed by atoms with Gasteiger partial charge in [-0.1, -0.05) is 23.2 Å². The minimum absolute atomic E-state index is 0.326. The molecule has 24 heavy (non-hydrogen) atoms. The molecule has 0 aliphatic rings. The van der Waals surface area contributed by atoms with Crippen LogP contribution in [0.25, 0.3) is 0 Å². The Kier molecular flexibility index (Phi) is 6.17. The molecule has 2 aromatic carbocycles. The lowest BCUT2D eigenvalue weighted by atomic mass is 10.2. The number of carbonyl (C=O) groups is 1. The molecule has 0 heterocycles. The van der Waals surface area contributed by atoms with Crippen LogP contribution in [0.5, 0.6) is 17.2 Å². The predicted octanol–water partition coefficient (Wildman–Crippen LogP) is 4.42. The average molecular weight is 370 g/mol. The van der Waals surface area contributed by atoms with Gasteiger partial charge in [-0.05, 0) is 37.3 Å². The molecule has 0 bridgehead atoms. The van der Waals surface area contributed by atoms with Crippen LogP contribution in [0.3, 0.4) is 0 Å². The fourth-order valence-corrected chi connectivity index (χ4v) is 2.43. The van der Waals surface area contributed by atoms with E-state index in [1.54, 1.807) is 50.4 Å². The number of ether oxygens (including phenoxy) is 3. The van der Waals surface area contributed by atoms with Gasteiger partial charge in [-0.2, -0.15) is 0 Å². The van der Waals surface area contributed by atoms with Crippen LogP contribution in [-0.2, 0) is 4.79 Å². The summed E-state index contributed by atoms with van der Waals surface area (Å²) in [5.41, 5.74) is 0.565. The minimum Gasteiger partial charge on any atom is -0.493 e. The molecule has 0 spiro atoms. The Bertz CT molecular complexity index is 737. The second-order valence-corrected chi connectivity index (χ2v) is 5.74. The Morgan fingerprint density at radius 1 is 1.00 bits per heavy atom. The van der Waals surface area contributed by atoms with E-state index < -0.39 is 6.10 Å². The van der Waals surface area contributed by atoms with Crippen LogP contribution in [0.15, 0.2) is 36.4 Å². The Morgan fingerprint density at radius 3 is 2.29 bits per heavy atom. The number of hydrogen-bond donors (Lipinski definition) is 1. The summed E-state index contributed by atoms with van der Waals surface area (Å²) in [5.74, 6) is 1.15. The number of nitrogens with one attached hydrogen (secondary N) is 1. The Labute approximate surface area is 150 Å². The van der Waals surface area contributed by atoms with Crippen molar-refractivity contribution in [2.24, 2.45) is 0 Å². The number of rotatable bonds is 6. The highest BCUT2D eigenvalue weighted by Gasteiger charge is 2.17. The Morgan fingerprint density at radius 2 is 1.67 bits per heavy atom. The molecule has 0 radical (unpaired) electrons. The topological polar surface area (TPSA) is 56.8 Å². The van der Waals surface area contributed by atoms with Gasteiger partial charge in [0.1, 0.15) is 5.75 Å². The highest BCUT2D eigenvalue weighted by atomic mass is 35.5. The van der Waals surface area contributed by atoms with Crippen molar-refractivity contribution >= 4 is 34.8 Å². The number of carbonyl (C=O) groups excluding carboxylic acids is 1. The highest BCUT2D eigenvalue weighted by molar-refractivity contribution is 6.35. The van der Waals surface area contributed by atoms with E-state index in [0.717, 1.165) is 0 Å². The van der Waals surface area contributed by atoms with Gasteiger partial charge < -0.3 is 19.5 Å². The maximum atomic E-state index is 12.3. The lowest BCUT2D eigenvalue weighted by Gasteiger charge is -2.16. The molecule has 0 fully saturated rings. The van der Waals surface area contributed by atoms with Crippen LogP contribution >= 0.6 is 23.2 Å². The SMILES string of the molecule is COc1ccc(NC(=O)C(C)Oc2ccc(Cl)cc2Cl)cc1OC. The van der Waals surface area contributed by atoms with Crippen LogP contribution in [0.4, 0.5) is 5.69 Å². The summed E-state index contributed by atoms with van der Waals surface area (Å²) in [4.78, 5) is 12.3. The summed E-state index contributed by atoms with van der Waals surface area (Å²) >= 11 is 11.9. The van der Waals surface area contributed by atoms with Crippen molar-refractivity contribution in [1.29, 1.82) is 0 Å². The summed E-state index contributed by atoms with van der Waals surface area (Å²) in [7, 11) is 3.07. The van der Waals surface area contributed by atoms with Gasteiger partial charge >= 0.3 is 0 Å². The van der Waals surface area contributed by atoms with Crippen LogP contribution in [0.1, 0.15) is 6.92 Å². The molecular weight excluding hydrogens is 353 g/mol. The van der Waals surface area contributed by atoms with Gasteiger partial charge in [0, 0.05) is 16.8 Å². The molecule has 0 aromatic heterocycles.